The van der Waals surface area contributed by atoms with Gasteiger partial charge in [0.15, 0.2) is 5.78 Å². The summed E-state index contributed by atoms with van der Waals surface area (Å²) in [4.78, 5) is 11.7. The SMILES string of the molecule is CC(C)CC(N)C(=O)C(N)CC(C)C. The fourth-order valence-electron chi connectivity index (χ4n) is 1.52. The molecule has 0 radical (unpaired) electrons. The molecule has 0 rings (SSSR count). The van der Waals surface area contributed by atoms with E-state index in [0.29, 0.717) is 11.8 Å². The molecule has 0 aromatic heterocycles. The topological polar surface area (TPSA) is 69.1 Å². The smallest absolute Gasteiger partial charge is 0.166 e. The number of hydrogen-bond donors (Lipinski definition) is 2. The average Bonchev–Trinajstić information content (AvgIpc) is 2.00. The lowest BCUT2D eigenvalue weighted by molar-refractivity contribution is -0.122. The standard InChI is InChI=1S/C11H24N2O/c1-7(2)5-9(12)11(14)10(13)6-8(3)4/h7-10H,5-6,12-13H2,1-4H3. The van der Waals surface area contributed by atoms with Crippen LogP contribution >= 0.6 is 0 Å². The Labute approximate surface area is 87.2 Å². The van der Waals surface area contributed by atoms with Crippen LogP contribution in [0, 0.1) is 11.8 Å². The van der Waals surface area contributed by atoms with Crippen molar-refractivity contribution in [2.45, 2.75) is 52.6 Å². The Morgan fingerprint density at radius 2 is 1.21 bits per heavy atom. The third-order valence-corrected chi connectivity index (χ3v) is 2.18. The lowest BCUT2D eigenvalue weighted by Crippen LogP contribution is -2.44. The summed E-state index contributed by atoms with van der Waals surface area (Å²) in [5, 5.41) is 0. The number of hydrogen-bond acceptors (Lipinski definition) is 3. The normalized spacial score (nSPS) is 16.0. The monoisotopic (exact) mass is 200 g/mol. The van der Waals surface area contributed by atoms with Crippen molar-refractivity contribution in [3.8, 4) is 0 Å². The minimum Gasteiger partial charge on any atom is -0.321 e. The van der Waals surface area contributed by atoms with Gasteiger partial charge in [0, 0.05) is 0 Å². The number of ketones is 1. The van der Waals surface area contributed by atoms with Crippen molar-refractivity contribution in [3.05, 3.63) is 0 Å². The lowest BCUT2D eigenvalue weighted by atomic mass is 9.93. The van der Waals surface area contributed by atoms with Crippen molar-refractivity contribution in [3.63, 3.8) is 0 Å². The van der Waals surface area contributed by atoms with E-state index in [2.05, 4.69) is 27.7 Å². The van der Waals surface area contributed by atoms with Crippen molar-refractivity contribution in [1.29, 1.82) is 0 Å². The second-order valence-corrected chi connectivity index (χ2v) is 4.87. The first-order valence-electron chi connectivity index (χ1n) is 5.39. The molecule has 2 atom stereocenters. The lowest BCUT2D eigenvalue weighted by Gasteiger charge is -2.18. The van der Waals surface area contributed by atoms with Crippen molar-refractivity contribution in [2.75, 3.05) is 0 Å². The maximum absolute atomic E-state index is 11.7. The van der Waals surface area contributed by atoms with Gasteiger partial charge in [0.25, 0.3) is 0 Å². The molecule has 0 aromatic rings. The molecular weight excluding hydrogens is 176 g/mol. The van der Waals surface area contributed by atoms with E-state index in [1.807, 2.05) is 0 Å². The number of Topliss-reactive ketones (excluding diaryl/α,β-unsaturated/α-hetero) is 1. The summed E-state index contributed by atoms with van der Waals surface area (Å²) >= 11 is 0. The molecule has 14 heavy (non-hydrogen) atoms. The predicted octanol–water partition coefficient (Wildman–Crippen LogP) is 1.30. The van der Waals surface area contributed by atoms with Crippen LogP contribution in [0.4, 0.5) is 0 Å². The van der Waals surface area contributed by atoms with Gasteiger partial charge in [-0.25, -0.2) is 0 Å². The third-order valence-electron chi connectivity index (χ3n) is 2.18. The van der Waals surface area contributed by atoms with Gasteiger partial charge >= 0.3 is 0 Å². The van der Waals surface area contributed by atoms with Crippen LogP contribution in [0.3, 0.4) is 0 Å². The highest BCUT2D eigenvalue weighted by atomic mass is 16.1. The molecule has 3 heteroatoms. The molecule has 0 heterocycles. The molecule has 0 spiro atoms. The van der Waals surface area contributed by atoms with Gasteiger partial charge < -0.3 is 11.5 Å². The molecule has 84 valence electrons. The van der Waals surface area contributed by atoms with Crippen molar-refractivity contribution < 1.29 is 4.79 Å². The molecule has 0 bridgehead atoms. The van der Waals surface area contributed by atoms with E-state index >= 15 is 0 Å². The summed E-state index contributed by atoms with van der Waals surface area (Å²) in [5.41, 5.74) is 11.5. The summed E-state index contributed by atoms with van der Waals surface area (Å²) in [5.74, 6) is 0.896. The van der Waals surface area contributed by atoms with Crippen LogP contribution in [0.5, 0.6) is 0 Å². The molecule has 0 fully saturated rings. The Morgan fingerprint density at radius 1 is 0.929 bits per heavy atom. The van der Waals surface area contributed by atoms with Crippen LogP contribution in [0.2, 0.25) is 0 Å². The average molecular weight is 200 g/mol. The summed E-state index contributed by atoms with van der Waals surface area (Å²) < 4.78 is 0. The fraction of sp³-hybridized carbons (Fsp3) is 0.909. The minimum absolute atomic E-state index is 0.00685. The molecule has 3 nitrogen and oxygen atoms in total. The van der Waals surface area contributed by atoms with Crippen molar-refractivity contribution in [1.82, 2.24) is 0 Å². The van der Waals surface area contributed by atoms with E-state index in [9.17, 15) is 4.79 Å². The summed E-state index contributed by atoms with van der Waals surface area (Å²) in [6, 6.07) is -0.771. The third kappa shape index (κ3) is 5.35. The second kappa shape index (κ2) is 6.14. The van der Waals surface area contributed by atoms with E-state index in [1.54, 1.807) is 0 Å². The molecule has 0 aliphatic heterocycles. The number of nitrogens with two attached hydrogens (primary N) is 2. The number of rotatable bonds is 6. The van der Waals surface area contributed by atoms with Gasteiger partial charge in [0.2, 0.25) is 0 Å². The molecule has 0 saturated heterocycles. The first kappa shape index (κ1) is 13.6. The maximum atomic E-state index is 11.7. The van der Waals surface area contributed by atoms with Gasteiger partial charge in [-0.3, -0.25) is 4.79 Å². The number of carbonyl (C=O) groups excluding carboxylic acids is 1. The molecule has 0 aromatic carbocycles. The highest BCUT2D eigenvalue weighted by molar-refractivity contribution is 5.88. The Balaban J connectivity index is 4.04. The van der Waals surface area contributed by atoms with Gasteiger partial charge in [0.05, 0.1) is 12.1 Å². The summed E-state index contributed by atoms with van der Waals surface area (Å²) in [6.07, 6.45) is 1.45. The highest BCUT2D eigenvalue weighted by Crippen LogP contribution is 2.09. The Morgan fingerprint density at radius 3 is 1.43 bits per heavy atom. The van der Waals surface area contributed by atoms with Crippen molar-refractivity contribution in [2.24, 2.45) is 23.3 Å². The van der Waals surface area contributed by atoms with E-state index in [-0.39, 0.29) is 17.9 Å². The Kier molecular flexibility index (Phi) is 5.96. The summed E-state index contributed by atoms with van der Waals surface area (Å²) in [6.45, 7) is 8.23. The molecule has 4 N–H and O–H groups in total. The van der Waals surface area contributed by atoms with E-state index < -0.39 is 0 Å². The van der Waals surface area contributed by atoms with E-state index in [0.717, 1.165) is 12.8 Å². The molecule has 0 aliphatic carbocycles. The number of carbonyl (C=O) groups is 1. The quantitative estimate of drug-likeness (QED) is 0.679. The molecular formula is C11H24N2O. The van der Waals surface area contributed by atoms with Crippen LogP contribution in [-0.4, -0.2) is 17.9 Å². The van der Waals surface area contributed by atoms with Crippen LogP contribution in [0.25, 0.3) is 0 Å². The fourth-order valence-corrected chi connectivity index (χ4v) is 1.52. The van der Waals surface area contributed by atoms with Crippen LogP contribution in [0.15, 0.2) is 0 Å². The Hall–Kier alpha value is -0.410. The zero-order valence-corrected chi connectivity index (χ0v) is 9.79. The summed E-state index contributed by atoms with van der Waals surface area (Å²) in [7, 11) is 0. The molecule has 0 amide bonds. The maximum Gasteiger partial charge on any atom is 0.166 e. The second-order valence-electron chi connectivity index (χ2n) is 4.87. The van der Waals surface area contributed by atoms with Gasteiger partial charge in [-0.15, -0.1) is 0 Å². The first-order chi connectivity index (χ1) is 6.34. The van der Waals surface area contributed by atoms with Gasteiger partial charge in [-0.1, -0.05) is 27.7 Å². The first-order valence-corrected chi connectivity index (χ1v) is 5.39. The molecule has 0 saturated carbocycles. The van der Waals surface area contributed by atoms with E-state index in [4.69, 9.17) is 11.5 Å². The van der Waals surface area contributed by atoms with Crippen LogP contribution in [-0.2, 0) is 4.79 Å². The molecule has 2 unspecified atom stereocenters. The Bertz CT molecular complexity index is 160. The largest absolute Gasteiger partial charge is 0.321 e. The van der Waals surface area contributed by atoms with Gasteiger partial charge in [-0.05, 0) is 24.7 Å². The molecule has 0 aliphatic rings. The van der Waals surface area contributed by atoms with Gasteiger partial charge in [-0.2, -0.15) is 0 Å². The zero-order chi connectivity index (χ0) is 11.3. The minimum atomic E-state index is -0.385. The predicted molar refractivity (Wildman–Crippen MR) is 59.9 cm³/mol. The zero-order valence-electron chi connectivity index (χ0n) is 9.79. The van der Waals surface area contributed by atoms with Gasteiger partial charge in [0.1, 0.15) is 0 Å². The van der Waals surface area contributed by atoms with Crippen LogP contribution < -0.4 is 11.5 Å². The van der Waals surface area contributed by atoms with E-state index in [1.165, 1.54) is 0 Å². The van der Waals surface area contributed by atoms with Crippen molar-refractivity contribution >= 4 is 5.78 Å². The highest BCUT2D eigenvalue weighted by Gasteiger charge is 2.22. The van der Waals surface area contributed by atoms with Crippen LogP contribution in [0.1, 0.15) is 40.5 Å².